The highest BCUT2D eigenvalue weighted by Crippen LogP contribution is 2.31. The second-order valence-corrected chi connectivity index (χ2v) is 5.09. The van der Waals surface area contributed by atoms with E-state index in [-0.39, 0.29) is 0 Å². The Morgan fingerprint density at radius 2 is 2.00 bits per heavy atom. The molecule has 0 atom stereocenters. The SMILES string of the molecule is Cc1ccccc1-c1nc2cc(Br)cc(N)c2o1. The highest BCUT2D eigenvalue weighted by molar-refractivity contribution is 9.10. The second-order valence-electron chi connectivity index (χ2n) is 4.18. The summed E-state index contributed by atoms with van der Waals surface area (Å²) in [6, 6.07) is 11.7. The molecule has 0 unspecified atom stereocenters. The molecule has 0 fully saturated rings. The van der Waals surface area contributed by atoms with Gasteiger partial charge in [-0.3, -0.25) is 0 Å². The van der Waals surface area contributed by atoms with Crippen molar-refractivity contribution in [3.63, 3.8) is 0 Å². The zero-order valence-electron chi connectivity index (χ0n) is 9.77. The number of halogens is 1. The number of hydrogen-bond donors (Lipinski definition) is 1. The third-order valence-electron chi connectivity index (χ3n) is 2.86. The number of aromatic nitrogens is 1. The van der Waals surface area contributed by atoms with E-state index >= 15 is 0 Å². The van der Waals surface area contributed by atoms with Crippen molar-refractivity contribution in [1.82, 2.24) is 4.98 Å². The van der Waals surface area contributed by atoms with Crippen LogP contribution >= 0.6 is 15.9 Å². The molecule has 0 amide bonds. The van der Waals surface area contributed by atoms with E-state index in [1.54, 1.807) is 0 Å². The van der Waals surface area contributed by atoms with Crippen LogP contribution in [0, 0.1) is 6.92 Å². The number of oxazole rings is 1. The molecule has 2 aromatic carbocycles. The Kier molecular flexibility index (Phi) is 2.59. The maximum Gasteiger partial charge on any atom is 0.227 e. The molecule has 0 saturated carbocycles. The molecule has 3 rings (SSSR count). The third kappa shape index (κ3) is 1.78. The summed E-state index contributed by atoms with van der Waals surface area (Å²) in [5, 5.41) is 0. The van der Waals surface area contributed by atoms with Gasteiger partial charge in [-0.2, -0.15) is 0 Å². The topological polar surface area (TPSA) is 52.0 Å². The van der Waals surface area contributed by atoms with Crippen LogP contribution in [0.1, 0.15) is 5.56 Å². The molecule has 0 aliphatic heterocycles. The fourth-order valence-corrected chi connectivity index (χ4v) is 2.41. The minimum Gasteiger partial charge on any atom is -0.434 e. The van der Waals surface area contributed by atoms with Crippen LogP contribution in [-0.2, 0) is 0 Å². The van der Waals surface area contributed by atoms with Crippen LogP contribution in [0.3, 0.4) is 0 Å². The molecule has 0 spiro atoms. The summed E-state index contributed by atoms with van der Waals surface area (Å²) >= 11 is 3.40. The molecule has 0 saturated heterocycles. The zero-order chi connectivity index (χ0) is 12.7. The lowest BCUT2D eigenvalue weighted by Crippen LogP contribution is -1.84. The van der Waals surface area contributed by atoms with Crippen LogP contribution in [0.25, 0.3) is 22.6 Å². The van der Waals surface area contributed by atoms with Crippen molar-refractivity contribution < 1.29 is 4.42 Å². The molecule has 1 aromatic heterocycles. The fourth-order valence-electron chi connectivity index (χ4n) is 1.95. The molecule has 3 aromatic rings. The van der Waals surface area contributed by atoms with Crippen LogP contribution in [0.5, 0.6) is 0 Å². The Morgan fingerprint density at radius 1 is 1.22 bits per heavy atom. The predicted molar refractivity (Wildman–Crippen MR) is 76.3 cm³/mol. The van der Waals surface area contributed by atoms with Gasteiger partial charge in [0.1, 0.15) is 5.52 Å². The van der Waals surface area contributed by atoms with E-state index < -0.39 is 0 Å². The van der Waals surface area contributed by atoms with E-state index in [9.17, 15) is 0 Å². The first-order valence-electron chi connectivity index (χ1n) is 5.57. The van der Waals surface area contributed by atoms with Crippen molar-refractivity contribution in [2.75, 3.05) is 5.73 Å². The van der Waals surface area contributed by atoms with Crippen molar-refractivity contribution in [2.45, 2.75) is 6.92 Å². The highest BCUT2D eigenvalue weighted by atomic mass is 79.9. The molecular weight excluding hydrogens is 292 g/mol. The van der Waals surface area contributed by atoms with Gasteiger partial charge in [0.2, 0.25) is 5.89 Å². The average Bonchev–Trinajstić information content (AvgIpc) is 2.73. The molecule has 3 nitrogen and oxygen atoms in total. The summed E-state index contributed by atoms with van der Waals surface area (Å²) in [6.45, 7) is 2.03. The van der Waals surface area contributed by atoms with Gasteiger partial charge in [0.25, 0.3) is 0 Å². The van der Waals surface area contributed by atoms with Gasteiger partial charge < -0.3 is 10.2 Å². The quantitative estimate of drug-likeness (QED) is 0.687. The van der Waals surface area contributed by atoms with Gasteiger partial charge in [0, 0.05) is 10.0 Å². The standard InChI is InChI=1S/C14H11BrN2O/c1-8-4-2-3-5-10(8)14-17-12-7-9(15)6-11(16)13(12)18-14/h2-7H,16H2,1H3. The van der Waals surface area contributed by atoms with Gasteiger partial charge in [-0.15, -0.1) is 0 Å². The maximum absolute atomic E-state index is 5.92. The first kappa shape index (κ1) is 11.3. The van der Waals surface area contributed by atoms with Gasteiger partial charge in [-0.25, -0.2) is 4.98 Å². The number of nitrogens with two attached hydrogens (primary N) is 1. The van der Waals surface area contributed by atoms with Gasteiger partial charge in [0.05, 0.1) is 5.69 Å². The monoisotopic (exact) mass is 302 g/mol. The molecule has 2 N–H and O–H groups in total. The summed E-state index contributed by atoms with van der Waals surface area (Å²) in [5.74, 6) is 0.605. The molecule has 4 heteroatoms. The molecular formula is C14H11BrN2O. The van der Waals surface area contributed by atoms with E-state index in [1.807, 2.05) is 43.3 Å². The number of hydrogen-bond acceptors (Lipinski definition) is 3. The summed E-state index contributed by atoms with van der Waals surface area (Å²) in [6.07, 6.45) is 0. The summed E-state index contributed by atoms with van der Waals surface area (Å²) < 4.78 is 6.66. The minimum absolute atomic E-state index is 0.590. The molecule has 0 aliphatic carbocycles. The first-order valence-corrected chi connectivity index (χ1v) is 6.36. The van der Waals surface area contributed by atoms with Crippen LogP contribution in [0.2, 0.25) is 0 Å². The van der Waals surface area contributed by atoms with E-state index in [0.29, 0.717) is 17.2 Å². The molecule has 0 radical (unpaired) electrons. The van der Waals surface area contributed by atoms with Gasteiger partial charge in [0.15, 0.2) is 5.58 Å². The van der Waals surface area contributed by atoms with Crippen LogP contribution in [0.4, 0.5) is 5.69 Å². The number of benzene rings is 2. The predicted octanol–water partition coefficient (Wildman–Crippen LogP) is 4.15. The van der Waals surface area contributed by atoms with Crippen molar-refractivity contribution in [2.24, 2.45) is 0 Å². The van der Waals surface area contributed by atoms with Crippen molar-refractivity contribution >= 4 is 32.7 Å². The van der Waals surface area contributed by atoms with Crippen LogP contribution < -0.4 is 5.73 Å². The summed E-state index contributed by atoms with van der Waals surface area (Å²) in [4.78, 5) is 4.49. The lowest BCUT2D eigenvalue weighted by atomic mass is 10.1. The molecule has 1 heterocycles. The van der Waals surface area contributed by atoms with E-state index in [0.717, 1.165) is 21.1 Å². The number of nitrogens with zero attached hydrogens (tertiary/aromatic N) is 1. The van der Waals surface area contributed by atoms with Crippen molar-refractivity contribution in [3.05, 3.63) is 46.4 Å². The average molecular weight is 303 g/mol. The smallest absolute Gasteiger partial charge is 0.227 e. The second kappa shape index (κ2) is 4.14. The Balaban J connectivity index is 2.26. The van der Waals surface area contributed by atoms with E-state index in [2.05, 4.69) is 20.9 Å². The Bertz CT molecular complexity index is 734. The largest absolute Gasteiger partial charge is 0.434 e. The Morgan fingerprint density at radius 3 is 2.78 bits per heavy atom. The third-order valence-corrected chi connectivity index (χ3v) is 3.32. The maximum atomic E-state index is 5.92. The first-order chi connectivity index (χ1) is 8.65. The molecule has 0 bridgehead atoms. The summed E-state index contributed by atoms with van der Waals surface area (Å²) in [7, 11) is 0. The van der Waals surface area contributed by atoms with Crippen molar-refractivity contribution in [1.29, 1.82) is 0 Å². The number of anilines is 1. The van der Waals surface area contributed by atoms with Gasteiger partial charge in [-0.05, 0) is 30.7 Å². The Hall–Kier alpha value is -1.81. The lowest BCUT2D eigenvalue weighted by Gasteiger charge is -1.99. The molecule has 90 valence electrons. The van der Waals surface area contributed by atoms with Gasteiger partial charge >= 0.3 is 0 Å². The number of aryl methyl sites for hydroxylation is 1. The van der Waals surface area contributed by atoms with Gasteiger partial charge in [-0.1, -0.05) is 34.1 Å². The minimum atomic E-state index is 0.590. The van der Waals surface area contributed by atoms with E-state index in [4.69, 9.17) is 10.2 Å². The zero-order valence-corrected chi connectivity index (χ0v) is 11.4. The number of fused-ring (bicyclic) bond motifs is 1. The molecule has 18 heavy (non-hydrogen) atoms. The Labute approximate surface area is 113 Å². The fraction of sp³-hybridized carbons (Fsp3) is 0.0714. The van der Waals surface area contributed by atoms with E-state index in [1.165, 1.54) is 0 Å². The lowest BCUT2D eigenvalue weighted by molar-refractivity contribution is 0.620. The normalized spacial score (nSPS) is 11.0. The number of nitrogen functional groups attached to an aromatic ring is 1. The van der Waals surface area contributed by atoms with Crippen LogP contribution in [-0.4, -0.2) is 4.98 Å². The van der Waals surface area contributed by atoms with Crippen molar-refractivity contribution in [3.8, 4) is 11.5 Å². The highest BCUT2D eigenvalue weighted by Gasteiger charge is 2.12. The number of rotatable bonds is 1. The molecule has 0 aliphatic rings. The summed E-state index contributed by atoms with van der Waals surface area (Å²) in [5.41, 5.74) is 10.0. The van der Waals surface area contributed by atoms with Crippen LogP contribution in [0.15, 0.2) is 45.3 Å².